The smallest absolute Gasteiger partial charge is 0.291 e. The van der Waals surface area contributed by atoms with E-state index in [0.717, 1.165) is 27.3 Å². The molecule has 1 N–H and O–H groups in total. The largest absolute Gasteiger partial charge is 0.451 e. The summed E-state index contributed by atoms with van der Waals surface area (Å²) in [6.45, 7) is 4.05. The van der Waals surface area contributed by atoms with Crippen molar-refractivity contribution in [2.24, 2.45) is 0 Å². The van der Waals surface area contributed by atoms with Crippen LogP contribution in [0, 0.1) is 0 Å². The van der Waals surface area contributed by atoms with Crippen molar-refractivity contribution < 1.29 is 13.9 Å². The molecule has 0 aliphatic heterocycles. The van der Waals surface area contributed by atoms with E-state index in [2.05, 4.69) is 11.9 Å². The molecule has 0 saturated heterocycles. The number of para-hydroxylation sites is 2. The van der Waals surface area contributed by atoms with Gasteiger partial charge in [-0.2, -0.15) is 0 Å². The molecule has 1 amide bonds. The minimum Gasteiger partial charge on any atom is -0.451 e. The number of thioether (sulfide) groups is 1. The van der Waals surface area contributed by atoms with Crippen LogP contribution in [0.15, 0.2) is 70.5 Å². The molecule has 3 aromatic rings. The first kappa shape index (κ1) is 17.3. The number of carbonyl (C=O) groups excluding carboxylic acids is 1. The normalized spacial score (nSPS) is 10.8. The fraction of sp³-hybridized carbons (Fsp3) is 0.150. The van der Waals surface area contributed by atoms with Gasteiger partial charge in [-0.25, -0.2) is 0 Å². The lowest BCUT2D eigenvalue weighted by Crippen LogP contribution is -2.13. The minimum absolute atomic E-state index is 0.282. The van der Waals surface area contributed by atoms with Crippen molar-refractivity contribution in [3.63, 3.8) is 0 Å². The third-order valence-corrected chi connectivity index (χ3v) is 4.75. The molecular weight excluding hydrogens is 334 g/mol. The third-order valence-electron chi connectivity index (χ3n) is 3.69. The van der Waals surface area contributed by atoms with E-state index in [9.17, 15) is 4.79 Å². The molecule has 0 spiro atoms. The van der Waals surface area contributed by atoms with E-state index in [1.165, 1.54) is 0 Å². The van der Waals surface area contributed by atoms with Crippen LogP contribution in [-0.2, 0) is 11.3 Å². The second-order valence-corrected chi connectivity index (χ2v) is 6.45. The number of benzene rings is 2. The van der Waals surface area contributed by atoms with Gasteiger partial charge in [-0.1, -0.05) is 36.4 Å². The second kappa shape index (κ2) is 8.05. The summed E-state index contributed by atoms with van der Waals surface area (Å²) in [6, 6.07) is 15.3. The van der Waals surface area contributed by atoms with E-state index >= 15 is 0 Å². The Morgan fingerprint density at radius 1 is 1.24 bits per heavy atom. The molecule has 0 unspecified atom stereocenters. The van der Waals surface area contributed by atoms with Gasteiger partial charge in [-0.15, -0.1) is 18.3 Å². The lowest BCUT2D eigenvalue weighted by molar-refractivity contribution is 0.0992. The van der Waals surface area contributed by atoms with Crippen molar-refractivity contribution >= 4 is 34.3 Å². The number of methoxy groups -OCH3 is 1. The maximum Gasteiger partial charge on any atom is 0.291 e. The summed E-state index contributed by atoms with van der Waals surface area (Å²) in [6.07, 6.45) is 1.83. The molecule has 0 bridgehead atoms. The van der Waals surface area contributed by atoms with Crippen LogP contribution in [0.3, 0.4) is 0 Å². The van der Waals surface area contributed by atoms with Crippen LogP contribution in [0.2, 0.25) is 0 Å². The number of fused-ring (bicyclic) bond motifs is 1. The molecule has 1 aromatic heterocycles. The number of ether oxygens (including phenoxy) is 1. The zero-order chi connectivity index (χ0) is 17.6. The van der Waals surface area contributed by atoms with Crippen LogP contribution in [0.5, 0.6) is 0 Å². The average Bonchev–Trinajstić information content (AvgIpc) is 3.00. The summed E-state index contributed by atoms with van der Waals surface area (Å²) in [7, 11) is 1.60. The van der Waals surface area contributed by atoms with E-state index < -0.39 is 0 Å². The first-order valence-electron chi connectivity index (χ1n) is 7.88. The number of furan rings is 1. The molecule has 4 nitrogen and oxygen atoms in total. The topological polar surface area (TPSA) is 51.5 Å². The highest BCUT2D eigenvalue weighted by atomic mass is 32.2. The van der Waals surface area contributed by atoms with Crippen molar-refractivity contribution in [1.82, 2.24) is 0 Å². The molecule has 128 valence electrons. The van der Waals surface area contributed by atoms with Gasteiger partial charge in [0.2, 0.25) is 0 Å². The molecule has 2 aromatic carbocycles. The van der Waals surface area contributed by atoms with Crippen molar-refractivity contribution in [3.8, 4) is 0 Å². The number of hydrogen-bond acceptors (Lipinski definition) is 4. The average molecular weight is 353 g/mol. The molecule has 1 heterocycles. The first-order chi connectivity index (χ1) is 12.2. The third kappa shape index (κ3) is 3.78. The summed E-state index contributed by atoms with van der Waals surface area (Å²) in [4.78, 5) is 13.8. The molecular formula is C20H19NO3S. The van der Waals surface area contributed by atoms with Gasteiger partial charge in [0.25, 0.3) is 5.91 Å². The van der Waals surface area contributed by atoms with Crippen molar-refractivity contribution in [2.75, 3.05) is 18.2 Å². The highest BCUT2D eigenvalue weighted by Gasteiger charge is 2.21. The van der Waals surface area contributed by atoms with Gasteiger partial charge >= 0.3 is 0 Å². The summed E-state index contributed by atoms with van der Waals surface area (Å²) in [5.74, 6) is 0.772. The predicted molar refractivity (Wildman–Crippen MR) is 102 cm³/mol. The molecule has 3 rings (SSSR count). The van der Waals surface area contributed by atoms with Gasteiger partial charge in [0, 0.05) is 28.7 Å². The molecule has 5 heteroatoms. The number of nitrogens with one attached hydrogen (secondary N) is 1. The standard InChI is InChI=1S/C20H19NO3S/c1-3-12-25-18-11-7-5-9-16(18)21-20(22)19-15(13-23-2)14-8-4-6-10-17(14)24-19/h3-11H,1,12-13H2,2H3,(H,21,22). The molecule has 0 fully saturated rings. The fourth-order valence-corrected chi connectivity index (χ4v) is 3.34. The van der Waals surface area contributed by atoms with Gasteiger partial charge in [-0.05, 0) is 18.2 Å². The maximum absolute atomic E-state index is 12.8. The van der Waals surface area contributed by atoms with Crippen LogP contribution in [0.4, 0.5) is 5.69 Å². The van der Waals surface area contributed by atoms with Crippen LogP contribution in [0.1, 0.15) is 16.1 Å². The van der Waals surface area contributed by atoms with Gasteiger partial charge < -0.3 is 14.5 Å². The lowest BCUT2D eigenvalue weighted by atomic mass is 10.1. The Morgan fingerprint density at radius 3 is 2.80 bits per heavy atom. The van der Waals surface area contributed by atoms with Gasteiger partial charge in [0.05, 0.1) is 12.3 Å². The summed E-state index contributed by atoms with van der Waals surface area (Å²) in [5.41, 5.74) is 2.18. The predicted octanol–water partition coefficient (Wildman–Crippen LogP) is 5.11. The van der Waals surface area contributed by atoms with Crippen LogP contribution < -0.4 is 5.32 Å². The van der Waals surface area contributed by atoms with E-state index in [1.54, 1.807) is 18.9 Å². The van der Waals surface area contributed by atoms with Crippen molar-refractivity contribution in [2.45, 2.75) is 11.5 Å². The maximum atomic E-state index is 12.8. The Labute approximate surface area is 150 Å². The van der Waals surface area contributed by atoms with Crippen molar-refractivity contribution in [3.05, 3.63) is 72.5 Å². The second-order valence-electron chi connectivity index (χ2n) is 5.39. The SMILES string of the molecule is C=CCSc1ccccc1NC(=O)c1oc2ccccc2c1COC. The molecule has 0 radical (unpaired) electrons. The zero-order valence-electron chi connectivity index (χ0n) is 14.0. The Bertz CT molecular complexity index is 901. The minimum atomic E-state index is -0.282. The number of hydrogen-bond donors (Lipinski definition) is 1. The van der Waals surface area contributed by atoms with E-state index in [0.29, 0.717) is 12.2 Å². The van der Waals surface area contributed by atoms with Gasteiger partial charge in [0.15, 0.2) is 5.76 Å². The fourth-order valence-electron chi connectivity index (χ4n) is 2.59. The van der Waals surface area contributed by atoms with E-state index in [-0.39, 0.29) is 11.7 Å². The van der Waals surface area contributed by atoms with Crippen LogP contribution >= 0.6 is 11.8 Å². The highest BCUT2D eigenvalue weighted by molar-refractivity contribution is 7.99. The Hall–Kier alpha value is -2.50. The van der Waals surface area contributed by atoms with Gasteiger partial charge in [0.1, 0.15) is 5.58 Å². The molecule has 25 heavy (non-hydrogen) atoms. The number of carbonyl (C=O) groups is 1. The first-order valence-corrected chi connectivity index (χ1v) is 8.86. The zero-order valence-corrected chi connectivity index (χ0v) is 14.8. The Balaban J connectivity index is 1.93. The number of amides is 1. The lowest BCUT2D eigenvalue weighted by Gasteiger charge is -2.09. The summed E-state index contributed by atoms with van der Waals surface area (Å²) < 4.78 is 11.0. The molecule has 0 saturated carbocycles. The van der Waals surface area contributed by atoms with Crippen LogP contribution in [-0.4, -0.2) is 18.8 Å². The highest BCUT2D eigenvalue weighted by Crippen LogP contribution is 2.30. The molecule has 0 atom stereocenters. The number of rotatable bonds is 7. The Kier molecular flexibility index (Phi) is 5.58. The van der Waals surface area contributed by atoms with Gasteiger partial charge in [-0.3, -0.25) is 4.79 Å². The van der Waals surface area contributed by atoms with E-state index in [4.69, 9.17) is 9.15 Å². The van der Waals surface area contributed by atoms with Crippen molar-refractivity contribution in [1.29, 1.82) is 0 Å². The molecule has 0 aliphatic rings. The monoisotopic (exact) mass is 353 g/mol. The Morgan fingerprint density at radius 2 is 2.00 bits per heavy atom. The quantitative estimate of drug-likeness (QED) is 0.474. The summed E-state index contributed by atoms with van der Waals surface area (Å²) in [5, 5.41) is 3.84. The number of anilines is 1. The molecule has 0 aliphatic carbocycles. The van der Waals surface area contributed by atoms with Crippen LogP contribution in [0.25, 0.3) is 11.0 Å². The summed E-state index contributed by atoms with van der Waals surface area (Å²) >= 11 is 1.62. The van der Waals surface area contributed by atoms with E-state index in [1.807, 2.05) is 54.6 Å².